The van der Waals surface area contributed by atoms with Crippen LogP contribution in [-0.2, 0) is 0 Å². The zero-order valence-electron chi connectivity index (χ0n) is 15.4. The number of thiocarbonyl (C=S) groups is 1. The Bertz CT molecular complexity index is 1050. The quantitative estimate of drug-likeness (QED) is 0.372. The van der Waals surface area contributed by atoms with Crippen LogP contribution < -0.4 is 5.32 Å². The van der Waals surface area contributed by atoms with Crippen LogP contribution in [0.2, 0.25) is 0 Å². The molecule has 3 aromatic carbocycles. The molecule has 6 nitrogen and oxygen atoms in total. The first-order chi connectivity index (χ1) is 14.1. The van der Waals surface area contributed by atoms with Crippen molar-refractivity contribution in [2.45, 2.75) is 12.5 Å². The Morgan fingerprint density at radius 2 is 1.62 bits per heavy atom. The summed E-state index contributed by atoms with van der Waals surface area (Å²) < 4.78 is 0. The molecule has 0 spiro atoms. The summed E-state index contributed by atoms with van der Waals surface area (Å²) in [6, 6.07) is 26.2. The maximum absolute atomic E-state index is 10.9. The van der Waals surface area contributed by atoms with Crippen molar-refractivity contribution in [1.29, 1.82) is 0 Å². The van der Waals surface area contributed by atoms with Crippen molar-refractivity contribution >= 4 is 34.4 Å². The average Bonchev–Trinajstić information content (AvgIpc) is 3.21. The number of nitrogens with one attached hydrogen (secondary N) is 1. The fourth-order valence-corrected chi connectivity index (χ4v) is 3.57. The number of hydrazone groups is 1. The zero-order chi connectivity index (χ0) is 20.2. The Balaban J connectivity index is 1.64. The predicted molar refractivity (Wildman–Crippen MR) is 118 cm³/mol. The molecule has 7 heteroatoms. The topological polar surface area (TPSA) is 70.8 Å². The van der Waals surface area contributed by atoms with Crippen LogP contribution in [0.25, 0.3) is 0 Å². The van der Waals surface area contributed by atoms with Gasteiger partial charge in [0.2, 0.25) is 0 Å². The minimum atomic E-state index is -0.405. The number of anilines is 1. The van der Waals surface area contributed by atoms with Crippen molar-refractivity contribution in [3.8, 4) is 0 Å². The Kier molecular flexibility index (Phi) is 5.31. The van der Waals surface area contributed by atoms with Crippen LogP contribution in [0.5, 0.6) is 0 Å². The summed E-state index contributed by atoms with van der Waals surface area (Å²) in [5.74, 6) is 0. The molecule has 1 unspecified atom stereocenters. The number of non-ortho nitro benzene ring substituents is 1. The van der Waals surface area contributed by atoms with E-state index in [2.05, 4.69) is 17.4 Å². The molecule has 0 radical (unpaired) electrons. The van der Waals surface area contributed by atoms with Crippen molar-refractivity contribution in [2.24, 2.45) is 5.10 Å². The molecule has 1 N–H and O–H groups in total. The third-order valence-electron chi connectivity index (χ3n) is 4.74. The van der Waals surface area contributed by atoms with Gasteiger partial charge in [0.25, 0.3) is 5.69 Å². The van der Waals surface area contributed by atoms with E-state index >= 15 is 0 Å². The zero-order valence-corrected chi connectivity index (χ0v) is 16.3. The summed E-state index contributed by atoms with van der Waals surface area (Å²) in [6.07, 6.45) is 0.651. The van der Waals surface area contributed by atoms with Crippen molar-refractivity contribution in [3.63, 3.8) is 0 Å². The molecule has 1 aliphatic heterocycles. The van der Waals surface area contributed by atoms with E-state index in [4.69, 9.17) is 17.3 Å². The highest BCUT2D eigenvalue weighted by Crippen LogP contribution is 2.33. The fraction of sp³-hybridized carbons (Fsp3) is 0.0909. The van der Waals surface area contributed by atoms with E-state index in [1.54, 1.807) is 12.1 Å². The van der Waals surface area contributed by atoms with Gasteiger partial charge in [0.15, 0.2) is 5.11 Å². The van der Waals surface area contributed by atoms with Crippen molar-refractivity contribution < 1.29 is 4.92 Å². The highest BCUT2D eigenvalue weighted by molar-refractivity contribution is 7.80. The number of hydrogen-bond acceptors (Lipinski definition) is 4. The van der Waals surface area contributed by atoms with Crippen molar-refractivity contribution in [2.75, 3.05) is 5.32 Å². The number of nitrogens with zero attached hydrogens (tertiary/aromatic N) is 3. The highest BCUT2D eigenvalue weighted by atomic mass is 32.1. The number of nitro benzene ring substituents is 1. The van der Waals surface area contributed by atoms with Crippen LogP contribution in [-0.4, -0.2) is 20.8 Å². The molecule has 1 heterocycles. The number of hydrogen-bond donors (Lipinski definition) is 1. The molecule has 0 aromatic heterocycles. The molecule has 0 saturated carbocycles. The molecule has 0 fully saturated rings. The van der Waals surface area contributed by atoms with E-state index in [1.165, 1.54) is 12.1 Å². The summed E-state index contributed by atoms with van der Waals surface area (Å²) in [5, 5.41) is 21.2. The predicted octanol–water partition coefficient (Wildman–Crippen LogP) is 5.14. The van der Waals surface area contributed by atoms with E-state index in [-0.39, 0.29) is 11.7 Å². The lowest BCUT2D eigenvalue weighted by Gasteiger charge is -2.24. The molecule has 144 valence electrons. The lowest BCUT2D eigenvalue weighted by Crippen LogP contribution is -2.31. The van der Waals surface area contributed by atoms with Crippen LogP contribution in [0, 0.1) is 10.1 Å². The molecule has 29 heavy (non-hydrogen) atoms. The SMILES string of the molecule is O=[N+]([O-])c1ccc(C2=NN(C(=S)Nc3ccccc3)C(c3ccccc3)C2)cc1. The van der Waals surface area contributed by atoms with Gasteiger partial charge in [-0.2, -0.15) is 5.10 Å². The van der Waals surface area contributed by atoms with Gasteiger partial charge in [0.1, 0.15) is 0 Å². The number of rotatable bonds is 4. The largest absolute Gasteiger partial charge is 0.331 e. The van der Waals surface area contributed by atoms with Gasteiger partial charge >= 0.3 is 0 Å². The second-order valence-corrected chi connectivity index (χ2v) is 7.01. The molecular formula is C22H18N4O2S. The van der Waals surface area contributed by atoms with Gasteiger partial charge in [-0.15, -0.1) is 0 Å². The molecule has 1 atom stereocenters. The molecule has 0 aliphatic carbocycles. The summed E-state index contributed by atoms with van der Waals surface area (Å²) in [6.45, 7) is 0. The molecule has 0 bridgehead atoms. The lowest BCUT2D eigenvalue weighted by molar-refractivity contribution is -0.384. The average molecular weight is 402 g/mol. The standard InChI is InChI=1S/C22H18N4O2S/c27-26(28)19-13-11-16(12-14-19)20-15-21(17-7-3-1-4-8-17)25(24-20)22(29)23-18-9-5-2-6-10-18/h1-14,21H,15H2,(H,23,29). The lowest BCUT2D eigenvalue weighted by atomic mass is 9.98. The van der Waals surface area contributed by atoms with Crippen LogP contribution >= 0.6 is 12.2 Å². The summed E-state index contributed by atoms with van der Waals surface area (Å²) in [7, 11) is 0. The Labute approximate surface area is 173 Å². The maximum atomic E-state index is 10.9. The first-order valence-corrected chi connectivity index (χ1v) is 9.55. The second-order valence-electron chi connectivity index (χ2n) is 6.62. The smallest absolute Gasteiger partial charge is 0.269 e. The summed E-state index contributed by atoms with van der Waals surface area (Å²) in [5.41, 5.74) is 3.74. The van der Waals surface area contributed by atoms with E-state index in [0.717, 1.165) is 22.5 Å². The van der Waals surface area contributed by atoms with Crippen LogP contribution in [0.1, 0.15) is 23.6 Å². The van der Waals surface area contributed by atoms with Gasteiger partial charge in [0.05, 0.1) is 16.7 Å². The van der Waals surface area contributed by atoms with E-state index in [0.29, 0.717) is 11.5 Å². The minimum absolute atomic E-state index is 0.0508. The molecule has 1 aliphatic rings. The molecule has 0 saturated heterocycles. The van der Waals surface area contributed by atoms with Gasteiger partial charge in [-0.25, -0.2) is 5.01 Å². The van der Waals surface area contributed by atoms with Crippen LogP contribution in [0.3, 0.4) is 0 Å². The fourth-order valence-electron chi connectivity index (χ4n) is 3.28. The number of nitro groups is 1. The highest BCUT2D eigenvalue weighted by Gasteiger charge is 2.31. The van der Waals surface area contributed by atoms with Crippen LogP contribution in [0.4, 0.5) is 11.4 Å². The second kappa shape index (κ2) is 8.20. The van der Waals surface area contributed by atoms with Crippen LogP contribution in [0.15, 0.2) is 90.0 Å². The molecule has 0 amide bonds. The van der Waals surface area contributed by atoms with E-state index < -0.39 is 4.92 Å². The summed E-state index contributed by atoms with van der Waals surface area (Å²) in [4.78, 5) is 10.5. The minimum Gasteiger partial charge on any atom is -0.331 e. The maximum Gasteiger partial charge on any atom is 0.269 e. The molecular weight excluding hydrogens is 384 g/mol. The van der Waals surface area contributed by atoms with Gasteiger partial charge in [-0.3, -0.25) is 10.1 Å². The Hall–Kier alpha value is -3.58. The monoisotopic (exact) mass is 402 g/mol. The third-order valence-corrected chi connectivity index (χ3v) is 5.03. The van der Waals surface area contributed by atoms with E-state index in [1.807, 2.05) is 53.5 Å². The van der Waals surface area contributed by atoms with Gasteiger partial charge < -0.3 is 5.32 Å². The normalized spacial score (nSPS) is 15.7. The first-order valence-electron chi connectivity index (χ1n) is 9.14. The van der Waals surface area contributed by atoms with E-state index in [9.17, 15) is 10.1 Å². The van der Waals surface area contributed by atoms with Crippen molar-refractivity contribution in [3.05, 3.63) is 106 Å². The Morgan fingerprint density at radius 3 is 2.24 bits per heavy atom. The van der Waals surface area contributed by atoms with Gasteiger partial charge in [0, 0.05) is 24.2 Å². The van der Waals surface area contributed by atoms with Gasteiger partial charge in [-0.05, 0) is 47.6 Å². The van der Waals surface area contributed by atoms with Crippen molar-refractivity contribution in [1.82, 2.24) is 5.01 Å². The first kappa shape index (κ1) is 18.8. The number of para-hydroxylation sites is 1. The Morgan fingerprint density at radius 1 is 1.00 bits per heavy atom. The molecule has 4 rings (SSSR count). The summed E-state index contributed by atoms with van der Waals surface area (Å²) >= 11 is 5.65. The third kappa shape index (κ3) is 4.14. The molecule has 3 aromatic rings. The number of benzene rings is 3. The van der Waals surface area contributed by atoms with Gasteiger partial charge in [-0.1, -0.05) is 48.5 Å².